The van der Waals surface area contributed by atoms with Crippen LogP contribution in [0.5, 0.6) is 0 Å². The highest BCUT2D eigenvalue weighted by molar-refractivity contribution is 6.11. The Morgan fingerprint density at radius 1 is 1.10 bits per heavy atom. The molecule has 0 spiro atoms. The molecular weight excluding hydrogens is 260 g/mol. The van der Waals surface area contributed by atoms with E-state index in [1.165, 1.54) is 4.57 Å². The molecular formula is C13H14N4O3. The third-order valence-corrected chi connectivity index (χ3v) is 3.53. The average Bonchev–Trinajstić information content (AvgIpc) is 2.65. The summed E-state index contributed by atoms with van der Waals surface area (Å²) < 4.78 is 2.47. The van der Waals surface area contributed by atoms with Gasteiger partial charge in [0.1, 0.15) is 0 Å². The molecule has 2 heterocycles. The zero-order valence-corrected chi connectivity index (χ0v) is 11.0. The van der Waals surface area contributed by atoms with Crippen molar-refractivity contribution in [3.63, 3.8) is 0 Å². The summed E-state index contributed by atoms with van der Waals surface area (Å²) in [6.07, 6.45) is 1.05. The lowest BCUT2D eigenvalue weighted by Crippen LogP contribution is -2.52. The number of nitrogen functional groups attached to an aromatic ring is 1. The van der Waals surface area contributed by atoms with Crippen molar-refractivity contribution >= 4 is 28.5 Å². The van der Waals surface area contributed by atoms with E-state index in [0.29, 0.717) is 23.1 Å². The Bertz CT molecular complexity index is 771. The second-order valence-electron chi connectivity index (χ2n) is 4.82. The van der Waals surface area contributed by atoms with Crippen LogP contribution in [0.15, 0.2) is 23.0 Å². The van der Waals surface area contributed by atoms with Crippen molar-refractivity contribution in [2.45, 2.75) is 19.3 Å². The number of imide groups is 1. The number of hydrogen-bond donors (Lipinski definition) is 1. The molecule has 1 aromatic carbocycles. The zero-order valence-electron chi connectivity index (χ0n) is 11.0. The van der Waals surface area contributed by atoms with E-state index in [-0.39, 0.29) is 24.7 Å². The second-order valence-corrected chi connectivity index (χ2v) is 4.82. The number of carbonyl (C=O) groups is 2. The molecule has 3 rings (SSSR count). The van der Waals surface area contributed by atoms with Gasteiger partial charge in [-0.15, -0.1) is 0 Å². The van der Waals surface area contributed by atoms with E-state index in [1.807, 2.05) is 0 Å². The quantitative estimate of drug-likeness (QED) is 0.589. The number of aromatic nitrogens is 2. The van der Waals surface area contributed by atoms with Crippen molar-refractivity contribution in [1.82, 2.24) is 9.24 Å². The molecule has 104 valence electrons. The maximum Gasteiger partial charge on any atom is 0.348 e. The minimum atomic E-state index is -0.457. The molecule has 1 aliphatic heterocycles. The monoisotopic (exact) mass is 274 g/mol. The van der Waals surface area contributed by atoms with Gasteiger partial charge in [-0.25, -0.2) is 4.79 Å². The van der Waals surface area contributed by atoms with E-state index in [2.05, 4.69) is 0 Å². The van der Waals surface area contributed by atoms with Crippen LogP contribution >= 0.6 is 0 Å². The van der Waals surface area contributed by atoms with Crippen molar-refractivity contribution in [2.24, 2.45) is 7.05 Å². The first-order valence-corrected chi connectivity index (χ1v) is 6.34. The van der Waals surface area contributed by atoms with Gasteiger partial charge in [0.05, 0.1) is 16.7 Å². The molecule has 20 heavy (non-hydrogen) atoms. The van der Waals surface area contributed by atoms with Crippen LogP contribution in [0.4, 0.5) is 5.69 Å². The maximum atomic E-state index is 12.4. The normalized spacial score (nSPS) is 16.1. The van der Waals surface area contributed by atoms with Crippen LogP contribution < -0.4 is 16.4 Å². The van der Waals surface area contributed by atoms with E-state index >= 15 is 0 Å². The van der Waals surface area contributed by atoms with Gasteiger partial charge < -0.3 is 5.73 Å². The molecule has 1 fully saturated rings. The second kappa shape index (κ2) is 4.22. The first-order chi connectivity index (χ1) is 9.52. The number of hydrogen-bond acceptors (Lipinski definition) is 4. The lowest BCUT2D eigenvalue weighted by molar-refractivity contribution is -0.131. The summed E-state index contributed by atoms with van der Waals surface area (Å²) in [6.45, 7) is 0. The first-order valence-electron chi connectivity index (χ1n) is 6.34. The molecule has 7 heteroatoms. The van der Waals surface area contributed by atoms with Crippen molar-refractivity contribution in [3.8, 4) is 0 Å². The molecule has 7 nitrogen and oxygen atoms in total. The molecule has 0 saturated carbocycles. The summed E-state index contributed by atoms with van der Waals surface area (Å²) in [5.41, 5.74) is 6.82. The van der Waals surface area contributed by atoms with Crippen molar-refractivity contribution in [3.05, 3.63) is 28.7 Å². The number of para-hydroxylation sites is 1. The minimum Gasteiger partial charge on any atom is -0.397 e. The van der Waals surface area contributed by atoms with Gasteiger partial charge in [-0.1, -0.05) is 6.07 Å². The van der Waals surface area contributed by atoms with Crippen LogP contribution in [0, 0.1) is 0 Å². The van der Waals surface area contributed by atoms with Crippen molar-refractivity contribution in [2.75, 3.05) is 10.7 Å². The molecule has 0 unspecified atom stereocenters. The number of benzene rings is 1. The van der Waals surface area contributed by atoms with Gasteiger partial charge in [0, 0.05) is 19.9 Å². The molecule has 0 bridgehead atoms. The molecule has 1 aliphatic rings. The summed E-state index contributed by atoms with van der Waals surface area (Å²) in [7, 11) is 1.57. The lowest BCUT2D eigenvalue weighted by Gasteiger charge is -2.24. The van der Waals surface area contributed by atoms with Gasteiger partial charge in [-0.3, -0.25) is 14.2 Å². The number of anilines is 1. The number of rotatable bonds is 1. The zero-order chi connectivity index (χ0) is 14.4. The molecule has 2 aromatic rings. The molecule has 0 radical (unpaired) electrons. The Hall–Kier alpha value is -2.57. The number of amides is 2. The molecule has 2 amide bonds. The summed E-state index contributed by atoms with van der Waals surface area (Å²) in [5.74, 6) is -0.725. The maximum absolute atomic E-state index is 12.4. The van der Waals surface area contributed by atoms with Gasteiger partial charge in [0.25, 0.3) is 0 Å². The molecule has 0 atom stereocenters. The molecule has 1 saturated heterocycles. The predicted molar refractivity (Wildman–Crippen MR) is 73.7 cm³/mol. The van der Waals surface area contributed by atoms with Crippen LogP contribution in [-0.2, 0) is 16.6 Å². The van der Waals surface area contributed by atoms with Crippen LogP contribution in [-0.4, -0.2) is 21.1 Å². The molecule has 2 N–H and O–H groups in total. The largest absolute Gasteiger partial charge is 0.397 e. The number of imidazole rings is 1. The lowest BCUT2D eigenvalue weighted by atomic mass is 10.1. The first kappa shape index (κ1) is 12.5. The van der Waals surface area contributed by atoms with Crippen LogP contribution in [0.1, 0.15) is 19.3 Å². The standard InChI is InChI=1S/C13H14N4O3/c1-15-12-8(14)4-2-5-9(12)16(13(15)20)17-10(18)6-3-7-11(17)19/h2,4-5H,3,6-7,14H2,1H3. The van der Waals surface area contributed by atoms with E-state index in [0.717, 1.165) is 9.69 Å². The highest BCUT2D eigenvalue weighted by Crippen LogP contribution is 2.21. The van der Waals surface area contributed by atoms with Crippen molar-refractivity contribution < 1.29 is 9.59 Å². The van der Waals surface area contributed by atoms with E-state index in [9.17, 15) is 14.4 Å². The topological polar surface area (TPSA) is 90.3 Å². The van der Waals surface area contributed by atoms with E-state index < -0.39 is 5.69 Å². The molecule has 1 aromatic heterocycles. The highest BCUT2D eigenvalue weighted by atomic mass is 16.2. The number of piperidine rings is 1. The Balaban J connectivity index is 2.34. The third-order valence-electron chi connectivity index (χ3n) is 3.53. The summed E-state index contributed by atoms with van der Waals surface area (Å²) in [6, 6.07) is 5.03. The van der Waals surface area contributed by atoms with Gasteiger partial charge in [-0.05, 0) is 18.6 Å². The summed E-state index contributed by atoms with van der Waals surface area (Å²) in [4.78, 5) is 36.4. The van der Waals surface area contributed by atoms with Crippen molar-refractivity contribution in [1.29, 1.82) is 0 Å². The molecule has 0 aliphatic carbocycles. The fourth-order valence-corrected chi connectivity index (χ4v) is 2.58. The van der Waals surface area contributed by atoms with Gasteiger partial charge >= 0.3 is 5.69 Å². The Morgan fingerprint density at radius 3 is 2.40 bits per heavy atom. The summed E-state index contributed by atoms with van der Waals surface area (Å²) in [5, 5.41) is 0.938. The Labute approximate surface area is 114 Å². The number of nitrogens with two attached hydrogens (primary N) is 1. The number of nitrogens with zero attached hydrogens (tertiary/aromatic N) is 3. The van der Waals surface area contributed by atoms with E-state index in [4.69, 9.17) is 5.73 Å². The predicted octanol–water partition coefficient (Wildman–Crippen LogP) is 0.0973. The fourth-order valence-electron chi connectivity index (χ4n) is 2.58. The van der Waals surface area contributed by atoms with Crippen LogP contribution in [0.25, 0.3) is 11.0 Å². The Morgan fingerprint density at radius 2 is 1.75 bits per heavy atom. The summed E-state index contributed by atoms with van der Waals surface area (Å²) >= 11 is 0. The highest BCUT2D eigenvalue weighted by Gasteiger charge is 2.31. The number of aryl methyl sites for hydroxylation is 1. The smallest absolute Gasteiger partial charge is 0.348 e. The minimum absolute atomic E-state index is 0.261. The van der Waals surface area contributed by atoms with Gasteiger partial charge in [0.15, 0.2) is 0 Å². The van der Waals surface area contributed by atoms with Gasteiger partial charge in [-0.2, -0.15) is 9.69 Å². The third kappa shape index (κ3) is 1.56. The van der Waals surface area contributed by atoms with Gasteiger partial charge in [0.2, 0.25) is 11.8 Å². The average molecular weight is 274 g/mol. The van der Waals surface area contributed by atoms with E-state index in [1.54, 1.807) is 25.2 Å². The van der Waals surface area contributed by atoms with Crippen LogP contribution in [0.2, 0.25) is 0 Å². The fraction of sp³-hybridized carbons (Fsp3) is 0.308. The number of carbonyl (C=O) groups excluding carboxylic acids is 2. The van der Waals surface area contributed by atoms with Crippen LogP contribution in [0.3, 0.4) is 0 Å². The number of fused-ring (bicyclic) bond motifs is 1. The SMILES string of the molecule is Cn1c(=O)n(N2C(=O)CCCC2=O)c2cccc(N)c21. The Kier molecular flexibility index (Phi) is 2.63.